The van der Waals surface area contributed by atoms with E-state index in [1.807, 2.05) is 30.3 Å². The van der Waals surface area contributed by atoms with Crippen molar-refractivity contribution < 1.29 is 14.3 Å². The van der Waals surface area contributed by atoms with Gasteiger partial charge < -0.3 is 10.1 Å². The number of carbonyl (C=O) groups is 2. The standard InChI is InChI=1S/C19H17ClN2O3S/c20-12-5-6-17-13(9-12)14(7-8-26-17)21-18(23)10-22-15-3-1-2-4-16(15)25-11-19(22)24/h1-6,9,14H,7-8,10-11H2,(H,21,23). The van der Waals surface area contributed by atoms with Crippen LogP contribution < -0.4 is 15.0 Å². The molecule has 0 bridgehead atoms. The van der Waals surface area contributed by atoms with E-state index in [0.29, 0.717) is 16.5 Å². The molecule has 2 aromatic rings. The van der Waals surface area contributed by atoms with Gasteiger partial charge in [-0.3, -0.25) is 14.5 Å². The van der Waals surface area contributed by atoms with Gasteiger partial charge in [0.1, 0.15) is 12.3 Å². The molecule has 2 aliphatic rings. The summed E-state index contributed by atoms with van der Waals surface area (Å²) < 4.78 is 5.42. The van der Waals surface area contributed by atoms with Gasteiger partial charge in [0, 0.05) is 15.7 Å². The second-order valence-corrected chi connectivity index (χ2v) is 7.75. The normalized spacial score (nSPS) is 18.6. The molecule has 4 rings (SSSR count). The Morgan fingerprint density at radius 3 is 3.04 bits per heavy atom. The van der Waals surface area contributed by atoms with Crippen LogP contribution in [0.5, 0.6) is 5.75 Å². The number of ether oxygens (including phenoxy) is 1. The van der Waals surface area contributed by atoms with E-state index >= 15 is 0 Å². The topological polar surface area (TPSA) is 58.6 Å². The molecule has 0 saturated carbocycles. The highest BCUT2D eigenvalue weighted by molar-refractivity contribution is 7.99. The van der Waals surface area contributed by atoms with Crippen molar-refractivity contribution in [3.05, 3.63) is 53.1 Å². The van der Waals surface area contributed by atoms with Crippen LogP contribution in [-0.2, 0) is 9.59 Å². The van der Waals surface area contributed by atoms with Crippen molar-refractivity contribution in [3.63, 3.8) is 0 Å². The molecule has 2 amide bonds. The summed E-state index contributed by atoms with van der Waals surface area (Å²) >= 11 is 7.88. The molecule has 5 nitrogen and oxygen atoms in total. The predicted octanol–water partition coefficient (Wildman–Crippen LogP) is 3.42. The summed E-state index contributed by atoms with van der Waals surface area (Å²) in [6.07, 6.45) is 0.831. The minimum atomic E-state index is -0.221. The Morgan fingerprint density at radius 2 is 2.15 bits per heavy atom. The van der Waals surface area contributed by atoms with Crippen molar-refractivity contribution in [2.75, 3.05) is 23.8 Å². The Bertz CT molecular complexity index is 874. The highest BCUT2D eigenvalue weighted by atomic mass is 35.5. The largest absolute Gasteiger partial charge is 0.482 e. The minimum Gasteiger partial charge on any atom is -0.482 e. The zero-order valence-corrected chi connectivity index (χ0v) is 15.5. The van der Waals surface area contributed by atoms with Crippen molar-refractivity contribution in [1.82, 2.24) is 5.32 Å². The number of hydrogen-bond acceptors (Lipinski definition) is 4. The number of rotatable bonds is 3. The summed E-state index contributed by atoms with van der Waals surface area (Å²) in [5.41, 5.74) is 1.66. The van der Waals surface area contributed by atoms with Gasteiger partial charge in [0.25, 0.3) is 5.91 Å². The number of halogens is 1. The number of para-hydroxylation sites is 2. The fourth-order valence-corrected chi connectivity index (χ4v) is 4.51. The number of carbonyl (C=O) groups excluding carboxylic acids is 2. The van der Waals surface area contributed by atoms with Crippen LogP contribution in [0, 0.1) is 0 Å². The third-order valence-corrected chi connectivity index (χ3v) is 5.81. The van der Waals surface area contributed by atoms with E-state index in [1.54, 1.807) is 23.9 Å². The molecule has 2 aliphatic heterocycles. The molecule has 0 fully saturated rings. The van der Waals surface area contributed by atoms with Crippen LogP contribution in [0.4, 0.5) is 5.69 Å². The fourth-order valence-electron chi connectivity index (χ4n) is 3.23. The summed E-state index contributed by atoms with van der Waals surface area (Å²) in [5.74, 6) is 1.13. The van der Waals surface area contributed by atoms with Gasteiger partial charge in [0.2, 0.25) is 5.91 Å². The average molecular weight is 389 g/mol. The Kier molecular flexibility index (Phi) is 4.78. The smallest absolute Gasteiger partial charge is 0.265 e. The molecule has 1 unspecified atom stereocenters. The highest BCUT2D eigenvalue weighted by Crippen LogP contribution is 2.37. The van der Waals surface area contributed by atoms with Crippen LogP contribution >= 0.6 is 23.4 Å². The number of amides is 2. The Balaban J connectivity index is 1.51. The maximum Gasteiger partial charge on any atom is 0.265 e. The number of thioether (sulfide) groups is 1. The molecular weight excluding hydrogens is 372 g/mol. The molecule has 0 radical (unpaired) electrons. The number of fused-ring (bicyclic) bond motifs is 2. The number of nitrogens with zero attached hydrogens (tertiary/aromatic N) is 1. The summed E-state index contributed by atoms with van der Waals surface area (Å²) in [7, 11) is 0. The first-order valence-electron chi connectivity index (χ1n) is 8.35. The lowest BCUT2D eigenvalue weighted by Gasteiger charge is -2.30. The molecule has 26 heavy (non-hydrogen) atoms. The minimum absolute atomic E-state index is 0.0290. The van der Waals surface area contributed by atoms with Crippen molar-refractivity contribution in [1.29, 1.82) is 0 Å². The Morgan fingerprint density at radius 1 is 1.31 bits per heavy atom. The van der Waals surface area contributed by atoms with Crippen molar-refractivity contribution >= 4 is 40.9 Å². The summed E-state index contributed by atoms with van der Waals surface area (Å²) in [5, 5.41) is 3.71. The average Bonchev–Trinajstić information content (AvgIpc) is 2.64. The summed E-state index contributed by atoms with van der Waals surface area (Å²) in [6, 6.07) is 12.9. The second-order valence-electron chi connectivity index (χ2n) is 6.18. The molecule has 0 aliphatic carbocycles. The molecule has 0 aromatic heterocycles. The SMILES string of the molecule is O=C(CN1C(=O)COc2ccccc21)NC1CCSc2ccc(Cl)cc21. The van der Waals surface area contributed by atoms with E-state index in [0.717, 1.165) is 22.6 Å². The summed E-state index contributed by atoms with van der Waals surface area (Å²) in [6.45, 7) is -0.0818. The highest BCUT2D eigenvalue weighted by Gasteiger charge is 2.29. The molecule has 1 atom stereocenters. The first-order chi connectivity index (χ1) is 12.6. The lowest BCUT2D eigenvalue weighted by molar-refractivity contribution is -0.125. The fraction of sp³-hybridized carbons (Fsp3) is 0.263. The van der Waals surface area contributed by atoms with E-state index in [1.165, 1.54) is 4.90 Å². The third-order valence-electron chi connectivity index (χ3n) is 4.46. The third kappa shape index (κ3) is 3.39. The Labute approximate surface area is 160 Å². The molecule has 2 heterocycles. The first kappa shape index (κ1) is 17.2. The molecule has 134 valence electrons. The monoisotopic (exact) mass is 388 g/mol. The van der Waals surface area contributed by atoms with Crippen LogP contribution in [0.15, 0.2) is 47.4 Å². The van der Waals surface area contributed by atoms with Gasteiger partial charge in [-0.15, -0.1) is 11.8 Å². The van der Waals surface area contributed by atoms with Gasteiger partial charge in [-0.1, -0.05) is 23.7 Å². The zero-order chi connectivity index (χ0) is 18.1. The number of benzene rings is 2. The van der Waals surface area contributed by atoms with E-state index < -0.39 is 0 Å². The number of hydrogen-bond donors (Lipinski definition) is 1. The van der Waals surface area contributed by atoms with Crippen LogP contribution in [-0.4, -0.2) is 30.7 Å². The van der Waals surface area contributed by atoms with Gasteiger partial charge in [-0.2, -0.15) is 0 Å². The molecule has 0 saturated heterocycles. The quantitative estimate of drug-likeness (QED) is 0.875. The van der Waals surface area contributed by atoms with Crippen LogP contribution in [0.1, 0.15) is 18.0 Å². The maximum absolute atomic E-state index is 12.6. The number of anilines is 1. The molecule has 1 N–H and O–H groups in total. The van der Waals surface area contributed by atoms with E-state index in [-0.39, 0.29) is 31.0 Å². The van der Waals surface area contributed by atoms with Gasteiger partial charge in [0.05, 0.1) is 11.7 Å². The van der Waals surface area contributed by atoms with Gasteiger partial charge >= 0.3 is 0 Å². The summed E-state index contributed by atoms with van der Waals surface area (Å²) in [4.78, 5) is 27.5. The van der Waals surface area contributed by atoms with Crippen molar-refractivity contribution in [2.24, 2.45) is 0 Å². The second kappa shape index (κ2) is 7.21. The molecule has 7 heteroatoms. The van der Waals surface area contributed by atoms with Crippen molar-refractivity contribution in [2.45, 2.75) is 17.4 Å². The van der Waals surface area contributed by atoms with Crippen LogP contribution in [0.25, 0.3) is 0 Å². The van der Waals surface area contributed by atoms with E-state index in [4.69, 9.17) is 16.3 Å². The van der Waals surface area contributed by atoms with Crippen LogP contribution in [0.2, 0.25) is 5.02 Å². The lowest BCUT2D eigenvalue weighted by Crippen LogP contribution is -2.46. The van der Waals surface area contributed by atoms with E-state index in [2.05, 4.69) is 5.32 Å². The first-order valence-corrected chi connectivity index (χ1v) is 9.72. The van der Waals surface area contributed by atoms with E-state index in [9.17, 15) is 9.59 Å². The predicted molar refractivity (Wildman–Crippen MR) is 102 cm³/mol. The number of nitrogens with one attached hydrogen (secondary N) is 1. The van der Waals surface area contributed by atoms with Gasteiger partial charge in [-0.05, 0) is 42.3 Å². The van der Waals surface area contributed by atoms with Crippen LogP contribution in [0.3, 0.4) is 0 Å². The van der Waals surface area contributed by atoms with Gasteiger partial charge in [0.15, 0.2) is 6.61 Å². The molecule has 0 spiro atoms. The zero-order valence-electron chi connectivity index (χ0n) is 13.9. The molecular formula is C19H17ClN2O3S. The lowest BCUT2D eigenvalue weighted by atomic mass is 10.0. The Hall–Kier alpha value is -2.18. The van der Waals surface area contributed by atoms with Crippen molar-refractivity contribution in [3.8, 4) is 5.75 Å². The van der Waals surface area contributed by atoms with Gasteiger partial charge in [-0.25, -0.2) is 0 Å². The maximum atomic E-state index is 12.6. The molecule has 2 aromatic carbocycles.